The molecule has 1 fully saturated rings. The molecule has 3 heteroatoms. The van der Waals surface area contributed by atoms with Gasteiger partial charge in [0.1, 0.15) is 0 Å². The molecule has 140 valence electrons. The van der Waals surface area contributed by atoms with E-state index < -0.39 is 6.10 Å². The highest BCUT2D eigenvalue weighted by Crippen LogP contribution is 2.35. The van der Waals surface area contributed by atoms with Crippen LogP contribution in [0.4, 0.5) is 0 Å². The Morgan fingerprint density at radius 3 is 2.72 bits per heavy atom. The van der Waals surface area contributed by atoms with Crippen LogP contribution in [-0.2, 0) is 17.7 Å². The predicted molar refractivity (Wildman–Crippen MR) is 103 cm³/mol. The van der Waals surface area contributed by atoms with Crippen molar-refractivity contribution in [3.8, 4) is 0 Å². The van der Waals surface area contributed by atoms with E-state index >= 15 is 0 Å². The van der Waals surface area contributed by atoms with Crippen LogP contribution in [-0.4, -0.2) is 41.9 Å². The van der Waals surface area contributed by atoms with Crippen LogP contribution in [0.1, 0.15) is 51.2 Å². The molecular formula is C22H35NO2. The monoisotopic (exact) mass is 345 g/mol. The summed E-state index contributed by atoms with van der Waals surface area (Å²) in [5.74, 6) is 2.05. The van der Waals surface area contributed by atoms with Gasteiger partial charge in [-0.2, -0.15) is 0 Å². The van der Waals surface area contributed by atoms with Gasteiger partial charge in [-0.1, -0.05) is 51.5 Å². The second-order valence-corrected chi connectivity index (χ2v) is 8.61. The Balaban J connectivity index is 1.47. The first-order chi connectivity index (χ1) is 12.0. The Labute approximate surface area is 153 Å². The van der Waals surface area contributed by atoms with Crippen LogP contribution >= 0.6 is 0 Å². The van der Waals surface area contributed by atoms with E-state index in [1.807, 2.05) is 0 Å². The summed E-state index contributed by atoms with van der Waals surface area (Å²) in [5.41, 5.74) is 2.86. The maximum absolute atomic E-state index is 10.5. The summed E-state index contributed by atoms with van der Waals surface area (Å²) in [6.45, 7) is 10.1. The number of fused-ring (bicyclic) bond motifs is 1. The van der Waals surface area contributed by atoms with Crippen LogP contribution in [0, 0.1) is 17.8 Å². The van der Waals surface area contributed by atoms with Crippen molar-refractivity contribution < 1.29 is 9.84 Å². The van der Waals surface area contributed by atoms with Crippen molar-refractivity contribution in [2.75, 3.05) is 19.7 Å². The molecule has 0 radical (unpaired) electrons. The van der Waals surface area contributed by atoms with Gasteiger partial charge in [-0.25, -0.2) is 0 Å². The quantitative estimate of drug-likeness (QED) is 0.849. The third-order valence-electron chi connectivity index (χ3n) is 6.14. The molecule has 1 saturated carbocycles. The summed E-state index contributed by atoms with van der Waals surface area (Å²) in [4.78, 5) is 2.36. The molecule has 0 bridgehead atoms. The van der Waals surface area contributed by atoms with Crippen LogP contribution in [0.25, 0.3) is 0 Å². The van der Waals surface area contributed by atoms with Crippen LogP contribution < -0.4 is 0 Å². The minimum atomic E-state index is -0.393. The molecule has 3 rings (SSSR count). The molecule has 25 heavy (non-hydrogen) atoms. The van der Waals surface area contributed by atoms with E-state index in [9.17, 15) is 5.11 Å². The summed E-state index contributed by atoms with van der Waals surface area (Å²) in [5, 5.41) is 10.5. The minimum absolute atomic E-state index is 0.320. The van der Waals surface area contributed by atoms with Gasteiger partial charge in [0.05, 0.1) is 18.8 Å². The summed E-state index contributed by atoms with van der Waals surface area (Å²) < 4.78 is 6.22. The molecule has 0 unspecified atom stereocenters. The molecule has 0 spiro atoms. The average Bonchev–Trinajstić information content (AvgIpc) is 2.59. The van der Waals surface area contributed by atoms with Crippen molar-refractivity contribution in [2.45, 2.75) is 65.2 Å². The highest BCUT2D eigenvalue weighted by atomic mass is 16.5. The first-order valence-electron chi connectivity index (χ1n) is 10.1. The van der Waals surface area contributed by atoms with Crippen LogP contribution in [0.3, 0.4) is 0 Å². The Bertz CT molecular complexity index is 545. The summed E-state index contributed by atoms with van der Waals surface area (Å²) in [6.07, 6.45) is 4.74. The van der Waals surface area contributed by atoms with Crippen LogP contribution in [0.2, 0.25) is 0 Å². The third kappa shape index (κ3) is 5.06. The van der Waals surface area contributed by atoms with E-state index in [1.54, 1.807) is 0 Å². The molecule has 1 N–H and O–H groups in total. The number of rotatable bonds is 6. The van der Waals surface area contributed by atoms with Crippen LogP contribution in [0.15, 0.2) is 24.3 Å². The number of ether oxygens (including phenoxy) is 1. The zero-order chi connectivity index (χ0) is 17.8. The second kappa shape index (κ2) is 8.66. The molecule has 0 saturated heterocycles. The molecule has 0 aromatic heterocycles. The molecule has 0 amide bonds. The Kier molecular flexibility index (Phi) is 6.54. The normalized spacial score (nSPS) is 28.8. The standard InChI is InChI=1S/C22H35NO2/c1-16(2)21-9-8-17(3)12-22(21)25-15-20(24)14-23-11-10-18-6-4-5-7-19(18)13-23/h4-7,16-17,20-22,24H,8-15H2,1-3H3/t17-,20+,21+,22+/m0/s1. The van der Waals surface area contributed by atoms with Gasteiger partial charge in [0.2, 0.25) is 0 Å². The molecular weight excluding hydrogens is 310 g/mol. The molecule has 3 nitrogen and oxygen atoms in total. The summed E-state index contributed by atoms with van der Waals surface area (Å²) in [6, 6.07) is 8.66. The molecule has 4 atom stereocenters. The topological polar surface area (TPSA) is 32.7 Å². The number of benzene rings is 1. The van der Waals surface area contributed by atoms with E-state index in [4.69, 9.17) is 4.74 Å². The number of aliphatic hydroxyl groups excluding tert-OH is 1. The predicted octanol–water partition coefficient (Wildman–Crippen LogP) is 3.88. The van der Waals surface area contributed by atoms with Gasteiger partial charge in [-0.05, 0) is 48.1 Å². The van der Waals surface area contributed by atoms with Gasteiger partial charge in [-0.3, -0.25) is 4.90 Å². The average molecular weight is 346 g/mol. The van der Waals surface area contributed by atoms with E-state index in [1.165, 1.54) is 24.0 Å². The van der Waals surface area contributed by atoms with Crippen molar-refractivity contribution in [3.63, 3.8) is 0 Å². The van der Waals surface area contributed by atoms with E-state index in [2.05, 4.69) is 49.9 Å². The molecule has 1 aliphatic heterocycles. The molecule has 1 aromatic carbocycles. The van der Waals surface area contributed by atoms with Gasteiger partial charge in [0.15, 0.2) is 0 Å². The fraction of sp³-hybridized carbons (Fsp3) is 0.727. The van der Waals surface area contributed by atoms with E-state index in [0.717, 1.165) is 31.8 Å². The van der Waals surface area contributed by atoms with Crippen molar-refractivity contribution >= 4 is 0 Å². The maximum atomic E-state index is 10.5. The fourth-order valence-corrected chi connectivity index (χ4v) is 4.60. The number of hydrogen-bond donors (Lipinski definition) is 1. The minimum Gasteiger partial charge on any atom is -0.389 e. The number of hydrogen-bond acceptors (Lipinski definition) is 3. The van der Waals surface area contributed by atoms with Crippen molar-refractivity contribution in [1.29, 1.82) is 0 Å². The smallest absolute Gasteiger partial charge is 0.0900 e. The Hall–Kier alpha value is -0.900. The lowest BCUT2D eigenvalue weighted by molar-refractivity contribution is -0.0744. The molecule has 2 aliphatic rings. The highest BCUT2D eigenvalue weighted by molar-refractivity contribution is 5.29. The zero-order valence-corrected chi connectivity index (χ0v) is 16.2. The van der Waals surface area contributed by atoms with Crippen molar-refractivity contribution in [1.82, 2.24) is 4.90 Å². The number of aliphatic hydroxyl groups is 1. The largest absolute Gasteiger partial charge is 0.389 e. The zero-order valence-electron chi connectivity index (χ0n) is 16.2. The second-order valence-electron chi connectivity index (χ2n) is 8.61. The lowest BCUT2D eigenvalue weighted by Crippen LogP contribution is -2.41. The number of nitrogens with zero attached hydrogens (tertiary/aromatic N) is 1. The van der Waals surface area contributed by atoms with Gasteiger partial charge in [0.25, 0.3) is 0 Å². The summed E-state index contributed by atoms with van der Waals surface area (Å²) in [7, 11) is 0. The van der Waals surface area contributed by atoms with Crippen molar-refractivity contribution in [3.05, 3.63) is 35.4 Å². The van der Waals surface area contributed by atoms with Crippen LogP contribution in [0.5, 0.6) is 0 Å². The summed E-state index contributed by atoms with van der Waals surface area (Å²) >= 11 is 0. The maximum Gasteiger partial charge on any atom is 0.0900 e. The van der Waals surface area contributed by atoms with Gasteiger partial charge >= 0.3 is 0 Å². The van der Waals surface area contributed by atoms with Crippen molar-refractivity contribution in [2.24, 2.45) is 17.8 Å². The fourth-order valence-electron chi connectivity index (χ4n) is 4.60. The van der Waals surface area contributed by atoms with Gasteiger partial charge in [0, 0.05) is 19.6 Å². The SMILES string of the molecule is CC(C)[C@H]1CC[C@H](C)C[C@H]1OC[C@H](O)CN1CCc2ccccc2C1. The highest BCUT2D eigenvalue weighted by Gasteiger charge is 2.32. The molecule has 1 aliphatic carbocycles. The lowest BCUT2D eigenvalue weighted by Gasteiger charge is -2.38. The Morgan fingerprint density at radius 1 is 1.20 bits per heavy atom. The third-order valence-corrected chi connectivity index (χ3v) is 6.14. The van der Waals surface area contributed by atoms with E-state index in [-0.39, 0.29) is 0 Å². The van der Waals surface area contributed by atoms with Gasteiger partial charge in [-0.15, -0.1) is 0 Å². The number of β-amino-alcohol motifs (C(OH)–C–C–N with tert-alkyl or cyclic N) is 1. The van der Waals surface area contributed by atoms with Gasteiger partial charge < -0.3 is 9.84 Å². The lowest BCUT2D eigenvalue weighted by atomic mass is 9.75. The first-order valence-corrected chi connectivity index (χ1v) is 10.1. The molecule has 1 aromatic rings. The Morgan fingerprint density at radius 2 is 1.96 bits per heavy atom. The van der Waals surface area contributed by atoms with E-state index in [0.29, 0.717) is 31.1 Å². The first kappa shape index (κ1) is 18.9. The molecule has 1 heterocycles.